The number of piperazine rings is 1. The van der Waals surface area contributed by atoms with Gasteiger partial charge in [-0.1, -0.05) is 6.07 Å². The third-order valence-corrected chi connectivity index (χ3v) is 4.74. The Balaban J connectivity index is 1.63. The van der Waals surface area contributed by atoms with Crippen molar-refractivity contribution in [1.29, 1.82) is 0 Å². The summed E-state index contributed by atoms with van der Waals surface area (Å²) in [5, 5.41) is 0. The Bertz CT molecular complexity index is 882. The maximum absolute atomic E-state index is 13.0. The standard InChI is InChI=1S/C17H20N6O/c1-20-10-11-22(12-14(20)16-19-6-8-21(16)2)17(24)13-4-3-5-15-18-7-9-23(13)15/h3-9,14H,10-12H2,1-2H3. The second kappa shape index (κ2) is 5.76. The van der Waals surface area contributed by atoms with Gasteiger partial charge in [0.2, 0.25) is 0 Å². The highest BCUT2D eigenvalue weighted by molar-refractivity contribution is 5.93. The highest BCUT2D eigenvalue weighted by Crippen LogP contribution is 2.23. The van der Waals surface area contributed by atoms with Crippen molar-refractivity contribution in [3.8, 4) is 0 Å². The molecule has 0 saturated carbocycles. The van der Waals surface area contributed by atoms with E-state index >= 15 is 0 Å². The smallest absolute Gasteiger partial charge is 0.270 e. The number of aromatic nitrogens is 4. The molecule has 1 unspecified atom stereocenters. The van der Waals surface area contributed by atoms with Crippen LogP contribution >= 0.6 is 0 Å². The van der Waals surface area contributed by atoms with Gasteiger partial charge >= 0.3 is 0 Å². The predicted molar refractivity (Wildman–Crippen MR) is 89.7 cm³/mol. The van der Waals surface area contributed by atoms with Crippen molar-refractivity contribution >= 4 is 11.6 Å². The largest absolute Gasteiger partial charge is 0.337 e. The SMILES string of the molecule is CN1CCN(C(=O)c2cccc3nccn23)CC1c1nccn1C. The van der Waals surface area contributed by atoms with E-state index in [0.29, 0.717) is 18.8 Å². The van der Waals surface area contributed by atoms with Gasteiger partial charge in [0.15, 0.2) is 0 Å². The molecule has 1 aliphatic rings. The van der Waals surface area contributed by atoms with Crippen LogP contribution in [0.1, 0.15) is 22.4 Å². The molecule has 0 bridgehead atoms. The summed E-state index contributed by atoms with van der Waals surface area (Å²) in [5.74, 6) is 1.02. The highest BCUT2D eigenvalue weighted by Gasteiger charge is 2.31. The maximum Gasteiger partial charge on any atom is 0.270 e. The fraction of sp³-hybridized carbons (Fsp3) is 0.353. The van der Waals surface area contributed by atoms with E-state index in [9.17, 15) is 4.79 Å². The van der Waals surface area contributed by atoms with Gasteiger partial charge in [-0.3, -0.25) is 14.1 Å². The zero-order chi connectivity index (χ0) is 16.7. The lowest BCUT2D eigenvalue weighted by molar-refractivity contribution is 0.0522. The van der Waals surface area contributed by atoms with Gasteiger partial charge in [-0.15, -0.1) is 0 Å². The van der Waals surface area contributed by atoms with Gasteiger partial charge in [-0.2, -0.15) is 0 Å². The fourth-order valence-electron chi connectivity index (χ4n) is 3.32. The number of hydrogen-bond acceptors (Lipinski definition) is 4. The van der Waals surface area contributed by atoms with Gasteiger partial charge in [0.25, 0.3) is 5.91 Å². The van der Waals surface area contributed by atoms with Crippen molar-refractivity contribution in [3.05, 3.63) is 54.5 Å². The van der Waals surface area contributed by atoms with E-state index in [0.717, 1.165) is 18.0 Å². The minimum atomic E-state index is 0.0332. The second-order valence-electron chi connectivity index (χ2n) is 6.21. The molecule has 4 rings (SSSR count). The number of carbonyl (C=O) groups excluding carboxylic acids is 1. The summed E-state index contributed by atoms with van der Waals surface area (Å²) in [7, 11) is 4.07. The summed E-state index contributed by atoms with van der Waals surface area (Å²) in [5.41, 5.74) is 1.43. The average molecular weight is 324 g/mol. The first-order valence-electron chi connectivity index (χ1n) is 8.04. The van der Waals surface area contributed by atoms with Gasteiger partial charge in [0, 0.05) is 51.5 Å². The molecular weight excluding hydrogens is 304 g/mol. The van der Waals surface area contributed by atoms with Crippen molar-refractivity contribution in [2.45, 2.75) is 6.04 Å². The number of rotatable bonds is 2. The predicted octanol–water partition coefficient (Wildman–Crippen LogP) is 1.20. The van der Waals surface area contributed by atoms with E-state index in [2.05, 4.69) is 21.9 Å². The quantitative estimate of drug-likeness (QED) is 0.711. The lowest BCUT2D eigenvalue weighted by Crippen LogP contribution is -2.49. The van der Waals surface area contributed by atoms with Gasteiger partial charge in [-0.25, -0.2) is 9.97 Å². The van der Waals surface area contributed by atoms with E-state index < -0.39 is 0 Å². The van der Waals surface area contributed by atoms with Gasteiger partial charge in [0.1, 0.15) is 17.2 Å². The molecule has 1 amide bonds. The van der Waals surface area contributed by atoms with Crippen LogP contribution in [0.25, 0.3) is 5.65 Å². The average Bonchev–Trinajstić information content (AvgIpc) is 3.23. The molecule has 1 aliphatic heterocycles. The topological polar surface area (TPSA) is 58.7 Å². The van der Waals surface area contributed by atoms with Crippen LogP contribution in [0, 0.1) is 0 Å². The second-order valence-corrected chi connectivity index (χ2v) is 6.21. The zero-order valence-corrected chi connectivity index (χ0v) is 13.8. The number of nitrogens with zero attached hydrogens (tertiary/aromatic N) is 6. The molecule has 24 heavy (non-hydrogen) atoms. The molecule has 1 atom stereocenters. The molecule has 0 aromatic carbocycles. The molecule has 3 aromatic rings. The minimum Gasteiger partial charge on any atom is -0.337 e. The Kier molecular flexibility index (Phi) is 3.57. The first kappa shape index (κ1) is 14.9. The maximum atomic E-state index is 13.0. The molecule has 0 radical (unpaired) electrons. The van der Waals surface area contributed by atoms with Gasteiger partial charge in [-0.05, 0) is 19.2 Å². The van der Waals surface area contributed by atoms with E-state index in [1.165, 1.54) is 0 Å². The zero-order valence-electron chi connectivity index (χ0n) is 13.8. The normalized spacial score (nSPS) is 19.1. The lowest BCUT2D eigenvalue weighted by atomic mass is 10.1. The number of amides is 1. The number of fused-ring (bicyclic) bond motifs is 1. The number of likely N-dealkylation sites (N-methyl/N-ethyl adjacent to an activating group) is 1. The molecule has 7 nitrogen and oxygen atoms in total. The van der Waals surface area contributed by atoms with Crippen LogP contribution in [0.2, 0.25) is 0 Å². The third-order valence-electron chi connectivity index (χ3n) is 4.74. The van der Waals surface area contributed by atoms with Crippen LogP contribution in [-0.2, 0) is 7.05 Å². The number of aryl methyl sites for hydroxylation is 1. The number of imidazole rings is 2. The molecule has 3 aromatic heterocycles. The van der Waals surface area contributed by atoms with E-state index in [-0.39, 0.29) is 11.9 Å². The Morgan fingerprint density at radius 3 is 2.75 bits per heavy atom. The molecule has 0 N–H and O–H groups in total. The monoisotopic (exact) mass is 324 g/mol. The summed E-state index contributed by atoms with van der Waals surface area (Å²) < 4.78 is 3.86. The number of pyridine rings is 1. The Morgan fingerprint density at radius 1 is 1.12 bits per heavy atom. The molecule has 124 valence electrons. The van der Waals surface area contributed by atoms with E-state index in [1.807, 2.05) is 51.5 Å². The van der Waals surface area contributed by atoms with Crippen LogP contribution in [0.3, 0.4) is 0 Å². The van der Waals surface area contributed by atoms with E-state index in [1.54, 1.807) is 12.4 Å². The first-order valence-corrected chi connectivity index (χ1v) is 8.04. The summed E-state index contributed by atoms with van der Waals surface area (Å²) in [4.78, 5) is 25.9. The summed E-state index contributed by atoms with van der Waals surface area (Å²) >= 11 is 0. The number of carbonyl (C=O) groups is 1. The van der Waals surface area contributed by atoms with Crippen molar-refractivity contribution < 1.29 is 4.79 Å². The van der Waals surface area contributed by atoms with Crippen LogP contribution < -0.4 is 0 Å². The van der Waals surface area contributed by atoms with Crippen molar-refractivity contribution in [2.75, 3.05) is 26.7 Å². The number of hydrogen-bond donors (Lipinski definition) is 0. The fourth-order valence-corrected chi connectivity index (χ4v) is 3.32. The molecular formula is C17H20N6O. The van der Waals surface area contributed by atoms with Crippen LogP contribution in [0.15, 0.2) is 43.0 Å². The van der Waals surface area contributed by atoms with Crippen LogP contribution in [-0.4, -0.2) is 61.3 Å². The van der Waals surface area contributed by atoms with Gasteiger partial charge < -0.3 is 9.47 Å². The molecule has 1 fully saturated rings. The molecule has 1 saturated heterocycles. The Hall–Kier alpha value is -2.67. The third kappa shape index (κ3) is 2.37. The van der Waals surface area contributed by atoms with Crippen molar-refractivity contribution in [2.24, 2.45) is 7.05 Å². The summed E-state index contributed by atoms with van der Waals surface area (Å²) in [6.07, 6.45) is 7.29. The lowest BCUT2D eigenvalue weighted by Gasteiger charge is -2.39. The Labute approximate surface area is 140 Å². The molecule has 0 spiro atoms. The van der Waals surface area contributed by atoms with Crippen LogP contribution in [0.4, 0.5) is 0 Å². The summed E-state index contributed by atoms with van der Waals surface area (Å²) in [6.45, 7) is 2.16. The van der Waals surface area contributed by atoms with Crippen molar-refractivity contribution in [1.82, 2.24) is 28.7 Å². The minimum absolute atomic E-state index is 0.0332. The van der Waals surface area contributed by atoms with Gasteiger partial charge in [0.05, 0.1) is 6.04 Å². The summed E-state index contributed by atoms with van der Waals surface area (Å²) in [6, 6.07) is 5.73. The molecule has 4 heterocycles. The van der Waals surface area contributed by atoms with Crippen LogP contribution in [0.5, 0.6) is 0 Å². The molecule has 7 heteroatoms. The van der Waals surface area contributed by atoms with E-state index in [4.69, 9.17) is 0 Å². The highest BCUT2D eigenvalue weighted by atomic mass is 16.2. The first-order chi connectivity index (χ1) is 11.6. The Morgan fingerprint density at radius 2 is 1.96 bits per heavy atom. The van der Waals surface area contributed by atoms with Crippen molar-refractivity contribution in [3.63, 3.8) is 0 Å². The molecule has 0 aliphatic carbocycles.